The van der Waals surface area contributed by atoms with Gasteiger partial charge in [-0.3, -0.25) is 4.79 Å². The van der Waals surface area contributed by atoms with Gasteiger partial charge in [0.25, 0.3) is 0 Å². The first-order valence-electron chi connectivity index (χ1n) is 7.09. The fourth-order valence-electron chi connectivity index (χ4n) is 1.78. The van der Waals surface area contributed by atoms with Gasteiger partial charge < -0.3 is 5.11 Å². The first kappa shape index (κ1) is 16.6. The number of Topliss-reactive ketones (excluding diaryl/α,β-unsaturated/α-hetero) is 1. The van der Waals surface area contributed by atoms with Gasteiger partial charge in [0.2, 0.25) is 0 Å². The summed E-state index contributed by atoms with van der Waals surface area (Å²) in [7, 11) is 0. The van der Waals surface area contributed by atoms with E-state index in [0.29, 0.717) is 6.42 Å². The molecule has 0 amide bonds. The molecule has 0 rings (SSSR count). The average molecular weight is 242 g/mol. The summed E-state index contributed by atoms with van der Waals surface area (Å²) in [5, 5.41) is 9.76. The maximum atomic E-state index is 11.7. The van der Waals surface area contributed by atoms with E-state index in [1.807, 2.05) is 20.8 Å². The van der Waals surface area contributed by atoms with Crippen LogP contribution >= 0.6 is 0 Å². The van der Waals surface area contributed by atoms with E-state index in [2.05, 4.69) is 6.92 Å². The average Bonchev–Trinajstić information content (AvgIpc) is 2.21. The summed E-state index contributed by atoms with van der Waals surface area (Å²) < 4.78 is 0. The Morgan fingerprint density at radius 1 is 1.06 bits per heavy atom. The summed E-state index contributed by atoms with van der Waals surface area (Å²) in [6.45, 7) is 7.94. The first-order valence-corrected chi connectivity index (χ1v) is 7.09. The molecule has 0 radical (unpaired) electrons. The summed E-state index contributed by atoms with van der Waals surface area (Å²) >= 11 is 0. The van der Waals surface area contributed by atoms with Crippen molar-refractivity contribution < 1.29 is 9.90 Å². The predicted molar refractivity (Wildman–Crippen MR) is 73.1 cm³/mol. The maximum absolute atomic E-state index is 11.7. The molecule has 0 aliphatic heterocycles. The number of ketones is 1. The van der Waals surface area contributed by atoms with Gasteiger partial charge in [0.1, 0.15) is 5.78 Å². The smallest absolute Gasteiger partial charge is 0.140 e. The largest absolute Gasteiger partial charge is 0.393 e. The quantitative estimate of drug-likeness (QED) is 0.618. The Hall–Kier alpha value is -0.370. The second-order valence-corrected chi connectivity index (χ2v) is 6.09. The number of carbonyl (C=O) groups excluding carboxylic acids is 1. The number of carbonyl (C=O) groups is 1. The lowest BCUT2D eigenvalue weighted by molar-refractivity contribution is -0.128. The van der Waals surface area contributed by atoms with E-state index in [0.717, 1.165) is 12.8 Å². The number of aliphatic hydroxyl groups is 1. The second kappa shape index (κ2) is 8.68. The number of hydrogen-bond donors (Lipinski definition) is 1. The lowest BCUT2D eigenvalue weighted by Gasteiger charge is -2.19. The van der Waals surface area contributed by atoms with Gasteiger partial charge >= 0.3 is 0 Å². The van der Waals surface area contributed by atoms with Crippen LogP contribution in [-0.2, 0) is 4.79 Å². The standard InChI is InChI=1S/C15H30O2/c1-5-6-7-8-9-10-11-13(16)12-14(17)15(2,3)4/h13,16H,5-12H2,1-4H3/t13-/m0/s1. The van der Waals surface area contributed by atoms with Crippen molar-refractivity contribution in [1.29, 1.82) is 0 Å². The minimum atomic E-state index is -0.437. The molecule has 2 heteroatoms. The molecule has 0 aromatic heterocycles. The highest BCUT2D eigenvalue weighted by atomic mass is 16.3. The molecule has 1 N–H and O–H groups in total. The van der Waals surface area contributed by atoms with E-state index in [-0.39, 0.29) is 11.2 Å². The molecule has 0 spiro atoms. The highest BCUT2D eigenvalue weighted by Gasteiger charge is 2.23. The van der Waals surface area contributed by atoms with Crippen molar-refractivity contribution in [3.63, 3.8) is 0 Å². The van der Waals surface area contributed by atoms with Crippen LogP contribution in [0.1, 0.15) is 79.1 Å². The van der Waals surface area contributed by atoms with Crippen LogP contribution in [-0.4, -0.2) is 17.0 Å². The van der Waals surface area contributed by atoms with Crippen LogP contribution in [0.5, 0.6) is 0 Å². The second-order valence-electron chi connectivity index (χ2n) is 6.09. The summed E-state index contributed by atoms with van der Waals surface area (Å²) in [5.74, 6) is 0.163. The summed E-state index contributed by atoms with van der Waals surface area (Å²) in [5.41, 5.74) is -0.317. The molecule has 0 saturated heterocycles. The molecule has 0 fully saturated rings. The summed E-state index contributed by atoms with van der Waals surface area (Å²) in [6.07, 6.45) is 8.01. The lowest BCUT2D eigenvalue weighted by atomic mass is 9.87. The molecule has 0 aromatic rings. The molecular formula is C15H30O2. The van der Waals surface area contributed by atoms with Gasteiger partial charge in [-0.2, -0.15) is 0 Å². The fraction of sp³-hybridized carbons (Fsp3) is 0.933. The molecule has 2 nitrogen and oxygen atoms in total. The first-order chi connectivity index (χ1) is 7.88. The van der Waals surface area contributed by atoms with E-state index >= 15 is 0 Å². The van der Waals surface area contributed by atoms with Crippen molar-refractivity contribution in [2.24, 2.45) is 5.41 Å². The number of aliphatic hydroxyl groups excluding tert-OH is 1. The van der Waals surface area contributed by atoms with Crippen molar-refractivity contribution in [2.75, 3.05) is 0 Å². The van der Waals surface area contributed by atoms with Crippen LogP contribution in [0.25, 0.3) is 0 Å². The molecule has 0 unspecified atom stereocenters. The fourth-order valence-corrected chi connectivity index (χ4v) is 1.78. The molecule has 0 aliphatic rings. The van der Waals surface area contributed by atoms with Crippen molar-refractivity contribution in [3.05, 3.63) is 0 Å². The maximum Gasteiger partial charge on any atom is 0.140 e. The number of rotatable bonds is 9. The minimum Gasteiger partial charge on any atom is -0.393 e. The monoisotopic (exact) mass is 242 g/mol. The zero-order valence-electron chi connectivity index (χ0n) is 12.1. The van der Waals surface area contributed by atoms with Gasteiger partial charge in [0.05, 0.1) is 6.10 Å². The Bertz CT molecular complexity index is 203. The summed E-state index contributed by atoms with van der Waals surface area (Å²) in [4.78, 5) is 11.7. The number of hydrogen-bond acceptors (Lipinski definition) is 2. The minimum absolute atomic E-state index is 0.163. The zero-order valence-corrected chi connectivity index (χ0v) is 12.1. The van der Waals surface area contributed by atoms with Crippen molar-refractivity contribution in [2.45, 2.75) is 85.2 Å². The van der Waals surface area contributed by atoms with Crippen molar-refractivity contribution >= 4 is 5.78 Å². The number of unbranched alkanes of at least 4 members (excludes halogenated alkanes) is 5. The Kier molecular flexibility index (Phi) is 8.49. The normalized spacial score (nSPS) is 13.7. The van der Waals surface area contributed by atoms with Crippen LogP contribution in [0.3, 0.4) is 0 Å². The Balaban J connectivity index is 3.53. The third-order valence-electron chi connectivity index (χ3n) is 3.15. The van der Waals surface area contributed by atoms with Crippen LogP contribution < -0.4 is 0 Å². The van der Waals surface area contributed by atoms with Gasteiger partial charge in [-0.1, -0.05) is 66.2 Å². The molecule has 0 aromatic carbocycles. The summed E-state index contributed by atoms with van der Waals surface area (Å²) in [6, 6.07) is 0. The molecule has 1 atom stereocenters. The van der Waals surface area contributed by atoms with Crippen LogP contribution in [0.4, 0.5) is 0 Å². The highest BCUT2D eigenvalue weighted by Crippen LogP contribution is 2.19. The van der Waals surface area contributed by atoms with Crippen molar-refractivity contribution in [1.82, 2.24) is 0 Å². The third-order valence-corrected chi connectivity index (χ3v) is 3.15. The molecular weight excluding hydrogens is 212 g/mol. The zero-order chi connectivity index (χ0) is 13.3. The van der Waals surface area contributed by atoms with Crippen molar-refractivity contribution in [3.8, 4) is 0 Å². The Labute approximate surface area is 107 Å². The molecule has 0 saturated carbocycles. The van der Waals surface area contributed by atoms with Gasteiger partial charge in [0, 0.05) is 11.8 Å². The van der Waals surface area contributed by atoms with Gasteiger partial charge in [-0.25, -0.2) is 0 Å². The topological polar surface area (TPSA) is 37.3 Å². The van der Waals surface area contributed by atoms with E-state index in [4.69, 9.17) is 0 Å². The van der Waals surface area contributed by atoms with E-state index in [1.165, 1.54) is 32.1 Å². The molecule has 0 aliphatic carbocycles. The van der Waals surface area contributed by atoms with Crippen LogP contribution in [0.15, 0.2) is 0 Å². The Morgan fingerprint density at radius 2 is 1.59 bits per heavy atom. The van der Waals surface area contributed by atoms with Crippen LogP contribution in [0, 0.1) is 5.41 Å². The molecule has 0 heterocycles. The van der Waals surface area contributed by atoms with E-state index in [9.17, 15) is 9.90 Å². The van der Waals surface area contributed by atoms with E-state index < -0.39 is 6.10 Å². The Morgan fingerprint density at radius 3 is 2.12 bits per heavy atom. The van der Waals surface area contributed by atoms with Gasteiger partial charge in [-0.15, -0.1) is 0 Å². The molecule has 0 bridgehead atoms. The lowest BCUT2D eigenvalue weighted by Crippen LogP contribution is -2.25. The van der Waals surface area contributed by atoms with Gasteiger partial charge in [-0.05, 0) is 6.42 Å². The van der Waals surface area contributed by atoms with Gasteiger partial charge in [0.15, 0.2) is 0 Å². The van der Waals surface area contributed by atoms with E-state index in [1.54, 1.807) is 0 Å². The predicted octanol–water partition coefficient (Wildman–Crippen LogP) is 4.10. The molecule has 102 valence electrons. The third kappa shape index (κ3) is 9.34. The highest BCUT2D eigenvalue weighted by molar-refractivity contribution is 5.83. The van der Waals surface area contributed by atoms with Crippen LogP contribution in [0.2, 0.25) is 0 Å². The SMILES string of the molecule is CCCCCCCC[C@H](O)CC(=O)C(C)(C)C. The molecule has 17 heavy (non-hydrogen) atoms.